The maximum absolute atomic E-state index is 13.4. The number of benzene rings is 1. The highest BCUT2D eigenvalue weighted by molar-refractivity contribution is 6.30. The van der Waals surface area contributed by atoms with Crippen LogP contribution < -0.4 is 4.74 Å². The smallest absolute Gasteiger partial charge is 0.145 e. The van der Waals surface area contributed by atoms with Crippen LogP contribution in [-0.4, -0.2) is 17.3 Å². The largest absolute Gasteiger partial charge is 0.490 e. The summed E-state index contributed by atoms with van der Waals surface area (Å²) in [6.45, 7) is 0. The molecule has 0 aliphatic heterocycles. The van der Waals surface area contributed by atoms with E-state index in [9.17, 15) is 9.50 Å². The van der Waals surface area contributed by atoms with E-state index in [1.54, 1.807) is 6.07 Å². The minimum atomic E-state index is -0.461. The lowest BCUT2D eigenvalue weighted by molar-refractivity contribution is -0.172. The van der Waals surface area contributed by atoms with E-state index < -0.39 is 5.82 Å². The molecule has 2 atom stereocenters. The van der Waals surface area contributed by atoms with Gasteiger partial charge in [0.2, 0.25) is 0 Å². The van der Waals surface area contributed by atoms with Crippen molar-refractivity contribution < 1.29 is 14.2 Å². The van der Waals surface area contributed by atoms with Gasteiger partial charge in [0.05, 0.1) is 11.1 Å². The van der Waals surface area contributed by atoms with Gasteiger partial charge in [-0.2, -0.15) is 0 Å². The number of ether oxygens (including phenoxy) is 1. The van der Waals surface area contributed by atoms with Crippen LogP contribution >= 0.6 is 11.6 Å². The average Bonchev–Trinajstić information content (AvgIpc) is 2.43. The lowest BCUT2D eigenvalue weighted by atomic mass is 9.56. The second-order valence-corrected chi connectivity index (χ2v) is 6.13. The van der Waals surface area contributed by atoms with Crippen LogP contribution in [0.3, 0.4) is 0 Å². The van der Waals surface area contributed by atoms with Gasteiger partial charge in [-0.1, -0.05) is 30.9 Å². The molecule has 0 aromatic heterocycles. The van der Waals surface area contributed by atoms with Gasteiger partial charge in [0, 0.05) is 17.9 Å². The highest BCUT2D eigenvalue weighted by atomic mass is 35.5. The predicted molar refractivity (Wildman–Crippen MR) is 72.0 cm³/mol. The van der Waals surface area contributed by atoms with Crippen molar-refractivity contribution in [3.63, 3.8) is 0 Å². The lowest BCUT2D eigenvalue weighted by Crippen LogP contribution is -2.60. The van der Waals surface area contributed by atoms with E-state index in [1.165, 1.54) is 18.6 Å². The Morgan fingerprint density at radius 1 is 1.26 bits per heavy atom. The Morgan fingerprint density at radius 2 is 2.00 bits per heavy atom. The summed E-state index contributed by atoms with van der Waals surface area (Å²) in [4.78, 5) is 0. The predicted octanol–water partition coefficient (Wildman–Crippen LogP) is 3.94. The minimum Gasteiger partial charge on any atom is -0.490 e. The van der Waals surface area contributed by atoms with Crippen LogP contribution in [0, 0.1) is 11.2 Å². The zero-order chi connectivity index (χ0) is 13.5. The molecule has 2 aliphatic rings. The van der Waals surface area contributed by atoms with Gasteiger partial charge in [0.15, 0.2) is 0 Å². The van der Waals surface area contributed by atoms with Crippen molar-refractivity contribution in [1.29, 1.82) is 0 Å². The summed E-state index contributed by atoms with van der Waals surface area (Å²) in [5.74, 6) is 0.0421. The van der Waals surface area contributed by atoms with E-state index in [0.717, 1.165) is 25.7 Å². The van der Waals surface area contributed by atoms with Crippen LogP contribution in [0.2, 0.25) is 5.02 Å². The zero-order valence-electron chi connectivity index (χ0n) is 10.7. The van der Waals surface area contributed by atoms with Crippen molar-refractivity contribution in [2.24, 2.45) is 5.41 Å². The fraction of sp³-hybridized carbons (Fsp3) is 0.600. The molecule has 1 aromatic carbocycles. The zero-order valence-corrected chi connectivity index (χ0v) is 11.5. The van der Waals surface area contributed by atoms with Gasteiger partial charge in [0.1, 0.15) is 17.7 Å². The highest BCUT2D eigenvalue weighted by Crippen LogP contribution is 2.53. The van der Waals surface area contributed by atoms with Crippen LogP contribution in [0.25, 0.3) is 0 Å². The summed E-state index contributed by atoms with van der Waals surface area (Å²) in [5, 5.41) is 10.2. The summed E-state index contributed by atoms with van der Waals surface area (Å²) >= 11 is 5.66. The standard InChI is InChI=1S/C15H18ClFO2/c16-11-5-4-10(8-12(11)17)19-14-9-13(18)15(14)6-2-1-3-7-15/h4-5,8,13-14,18H,1-3,6-7,9H2. The molecule has 1 aromatic rings. The maximum Gasteiger partial charge on any atom is 0.145 e. The summed E-state index contributed by atoms with van der Waals surface area (Å²) in [6, 6.07) is 4.52. The molecule has 4 heteroatoms. The molecule has 2 unspecified atom stereocenters. The molecule has 0 radical (unpaired) electrons. The molecule has 2 fully saturated rings. The summed E-state index contributed by atoms with van der Waals surface area (Å²) in [7, 11) is 0. The molecule has 0 heterocycles. The van der Waals surface area contributed by atoms with Crippen molar-refractivity contribution >= 4 is 11.6 Å². The number of aliphatic hydroxyl groups is 1. The Kier molecular flexibility index (Phi) is 3.44. The van der Waals surface area contributed by atoms with Crippen LogP contribution in [0.4, 0.5) is 4.39 Å². The number of rotatable bonds is 2. The van der Waals surface area contributed by atoms with E-state index in [1.807, 2.05) is 0 Å². The summed E-state index contributed by atoms with van der Waals surface area (Å²) < 4.78 is 19.3. The first-order chi connectivity index (χ1) is 9.12. The lowest BCUT2D eigenvalue weighted by Gasteiger charge is -2.55. The topological polar surface area (TPSA) is 29.5 Å². The second-order valence-electron chi connectivity index (χ2n) is 5.73. The van der Waals surface area contributed by atoms with Crippen LogP contribution in [0.15, 0.2) is 18.2 Å². The first-order valence-electron chi connectivity index (χ1n) is 6.91. The molecule has 2 aliphatic carbocycles. The number of hydrogen-bond donors (Lipinski definition) is 1. The Morgan fingerprint density at radius 3 is 2.63 bits per heavy atom. The maximum atomic E-state index is 13.4. The van der Waals surface area contributed by atoms with Crippen LogP contribution in [0.5, 0.6) is 5.75 Å². The molecule has 19 heavy (non-hydrogen) atoms. The third-order valence-electron chi connectivity index (χ3n) is 4.70. The van der Waals surface area contributed by atoms with Gasteiger partial charge < -0.3 is 9.84 Å². The average molecular weight is 285 g/mol. The van der Waals surface area contributed by atoms with Crippen molar-refractivity contribution in [2.75, 3.05) is 0 Å². The van der Waals surface area contributed by atoms with Crippen LogP contribution in [0.1, 0.15) is 38.5 Å². The number of halogens is 2. The molecule has 104 valence electrons. The van der Waals surface area contributed by atoms with E-state index in [-0.39, 0.29) is 22.6 Å². The van der Waals surface area contributed by atoms with Crippen LogP contribution in [-0.2, 0) is 0 Å². The molecule has 1 N–H and O–H groups in total. The third-order valence-corrected chi connectivity index (χ3v) is 5.00. The Labute approximate surface area is 117 Å². The van der Waals surface area contributed by atoms with Gasteiger partial charge in [-0.15, -0.1) is 0 Å². The fourth-order valence-electron chi connectivity index (χ4n) is 3.47. The first kappa shape index (κ1) is 13.2. The SMILES string of the molecule is OC1CC(Oc2ccc(Cl)c(F)c2)C12CCCCC2. The fourth-order valence-corrected chi connectivity index (χ4v) is 3.59. The Hall–Kier alpha value is -0.800. The monoisotopic (exact) mass is 284 g/mol. The minimum absolute atomic E-state index is 0.00313. The number of hydrogen-bond acceptors (Lipinski definition) is 2. The second kappa shape index (κ2) is 4.95. The van der Waals surface area contributed by atoms with Crippen molar-refractivity contribution in [1.82, 2.24) is 0 Å². The van der Waals surface area contributed by atoms with E-state index in [2.05, 4.69) is 0 Å². The van der Waals surface area contributed by atoms with E-state index in [4.69, 9.17) is 16.3 Å². The quantitative estimate of drug-likeness (QED) is 0.891. The normalized spacial score (nSPS) is 29.0. The molecule has 3 rings (SSSR count). The van der Waals surface area contributed by atoms with Gasteiger partial charge in [0.25, 0.3) is 0 Å². The third kappa shape index (κ3) is 2.23. The van der Waals surface area contributed by atoms with Gasteiger partial charge >= 0.3 is 0 Å². The summed E-state index contributed by atoms with van der Waals surface area (Å²) in [6.07, 6.45) is 5.92. The van der Waals surface area contributed by atoms with Crippen molar-refractivity contribution in [3.8, 4) is 5.75 Å². The Balaban J connectivity index is 1.74. The van der Waals surface area contributed by atoms with E-state index >= 15 is 0 Å². The molecule has 2 saturated carbocycles. The van der Waals surface area contributed by atoms with Crippen molar-refractivity contribution in [2.45, 2.75) is 50.7 Å². The summed E-state index contributed by atoms with van der Waals surface area (Å²) in [5.41, 5.74) is -0.103. The molecular weight excluding hydrogens is 267 g/mol. The molecule has 0 saturated heterocycles. The van der Waals surface area contributed by atoms with Gasteiger partial charge in [-0.05, 0) is 25.0 Å². The van der Waals surface area contributed by atoms with Gasteiger partial charge in [-0.3, -0.25) is 0 Å². The van der Waals surface area contributed by atoms with Crippen molar-refractivity contribution in [3.05, 3.63) is 29.0 Å². The molecule has 0 amide bonds. The molecular formula is C15H18ClFO2. The highest BCUT2D eigenvalue weighted by Gasteiger charge is 2.56. The first-order valence-corrected chi connectivity index (χ1v) is 7.29. The van der Waals surface area contributed by atoms with Gasteiger partial charge in [-0.25, -0.2) is 4.39 Å². The number of aliphatic hydroxyl groups excluding tert-OH is 1. The molecule has 2 nitrogen and oxygen atoms in total. The Bertz CT molecular complexity index is 471. The molecule has 1 spiro atoms. The van der Waals surface area contributed by atoms with E-state index in [0.29, 0.717) is 12.2 Å². The molecule has 0 bridgehead atoms.